The number of hydrogen-bond acceptors (Lipinski definition) is 2. The van der Waals surface area contributed by atoms with Crippen LogP contribution in [0.2, 0.25) is 0 Å². The second-order valence-electron chi connectivity index (χ2n) is 5.39. The van der Waals surface area contributed by atoms with Gasteiger partial charge in [-0.1, -0.05) is 36.4 Å². The molecule has 98 valence electrons. The Bertz CT molecular complexity index is 548. The highest BCUT2D eigenvalue weighted by Gasteiger charge is 2.13. The van der Waals surface area contributed by atoms with E-state index in [1.54, 1.807) is 0 Å². The maximum Gasteiger partial charge on any atom is 0.126 e. The van der Waals surface area contributed by atoms with Crippen LogP contribution in [0.25, 0.3) is 0 Å². The first-order valence-electron chi connectivity index (χ1n) is 7.10. The van der Waals surface area contributed by atoms with E-state index in [0.29, 0.717) is 6.04 Å². The van der Waals surface area contributed by atoms with Crippen LogP contribution in [0.15, 0.2) is 42.5 Å². The molecule has 0 bridgehead atoms. The van der Waals surface area contributed by atoms with Crippen LogP contribution in [0.1, 0.15) is 30.2 Å². The molecule has 0 amide bonds. The molecule has 0 spiro atoms. The number of aryl methyl sites for hydroxylation is 2. The van der Waals surface area contributed by atoms with Gasteiger partial charge in [0, 0.05) is 11.7 Å². The minimum absolute atomic E-state index is 0.398. The van der Waals surface area contributed by atoms with Crippen molar-refractivity contribution >= 4 is 5.82 Å². The number of anilines is 1. The summed E-state index contributed by atoms with van der Waals surface area (Å²) in [6, 6.07) is 15.3. The number of aromatic nitrogens is 1. The molecule has 1 aliphatic rings. The molecule has 0 saturated carbocycles. The molecule has 19 heavy (non-hydrogen) atoms. The summed E-state index contributed by atoms with van der Waals surface area (Å²) in [7, 11) is 0. The Balaban J connectivity index is 1.65. The number of benzene rings is 1. The summed E-state index contributed by atoms with van der Waals surface area (Å²) in [6.07, 6.45) is 4.62. The van der Waals surface area contributed by atoms with E-state index in [-0.39, 0.29) is 0 Å². The Morgan fingerprint density at radius 3 is 2.79 bits per heavy atom. The van der Waals surface area contributed by atoms with Gasteiger partial charge in [0.25, 0.3) is 0 Å². The van der Waals surface area contributed by atoms with Crippen LogP contribution in [0.4, 0.5) is 5.82 Å². The standard InChI is InChI=1S/C17H20N2/c1-13(12-14-6-3-2-4-7-14)18-17-11-10-15-8-5-9-16(15)19-17/h2-4,6-7,10-11,13H,5,8-9,12H2,1H3,(H,18,19). The minimum Gasteiger partial charge on any atom is -0.367 e. The van der Waals surface area contributed by atoms with E-state index in [1.165, 1.54) is 29.7 Å². The van der Waals surface area contributed by atoms with Crippen molar-refractivity contribution in [1.82, 2.24) is 4.98 Å². The highest BCUT2D eigenvalue weighted by Crippen LogP contribution is 2.22. The molecule has 1 aliphatic carbocycles. The third kappa shape index (κ3) is 2.95. The summed E-state index contributed by atoms with van der Waals surface area (Å²) in [4.78, 5) is 4.72. The van der Waals surface area contributed by atoms with Gasteiger partial charge in [-0.15, -0.1) is 0 Å². The van der Waals surface area contributed by atoms with Crippen molar-refractivity contribution < 1.29 is 0 Å². The first-order valence-corrected chi connectivity index (χ1v) is 7.10. The molecule has 0 radical (unpaired) electrons. The van der Waals surface area contributed by atoms with E-state index in [0.717, 1.165) is 18.7 Å². The monoisotopic (exact) mass is 252 g/mol. The fraction of sp³-hybridized carbons (Fsp3) is 0.353. The minimum atomic E-state index is 0.398. The van der Waals surface area contributed by atoms with Gasteiger partial charge in [0.15, 0.2) is 0 Å². The number of nitrogens with zero attached hydrogens (tertiary/aromatic N) is 1. The normalized spacial score (nSPS) is 15.0. The molecule has 1 aromatic carbocycles. The number of pyridine rings is 1. The third-order valence-corrected chi connectivity index (χ3v) is 3.71. The molecule has 0 aliphatic heterocycles. The number of fused-ring (bicyclic) bond motifs is 1. The van der Waals surface area contributed by atoms with Crippen molar-refractivity contribution in [3.8, 4) is 0 Å². The first kappa shape index (κ1) is 12.2. The zero-order valence-electron chi connectivity index (χ0n) is 11.4. The molecular formula is C17H20N2. The van der Waals surface area contributed by atoms with Crippen molar-refractivity contribution in [2.75, 3.05) is 5.32 Å². The lowest BCUT2D eigenvalue weighted by Gasteiger charge is -2.15. The molecule has 3 rings (SSSR count). The van der Waals surface area contributed by atoms with Crippen molar-refractivity contribution in [3.05, 3.63) is 59.3 Å². The molecule has 1 N–H and O–H groups in total. The second-order valence-corrected chi connectivity index (χ2v) is 5.39. The zero-order chi connectivity index (χ0) is 13.1. The van der Waals surface area contributed by atoms with E-state index in [4.69, 9.17) is 4.98 Å². The van der Waals surface area contributed by atoms with Gasteiger partial charge in [0.1, 0.15) is 5.82 Å². The first-order chi connectivity index (χ1) is 9.31. The molecule has 0 saturated heterocycles. The fourth-order valence-corrected chi connectivity index (χ4v) is 2.77. The van der Waals surface area contributed by atoms with Gasteiger partial charge in [0.05, 0.1) is 0 Å². The van der Waals surface area contributed by atoms with E-state index in [9.17, 15) is 0 Å². The van der Waals surface area contributed by atoms with Crippen LogP contribution in [0, 0.1) is 0 Å². The van der Waals surface area contributed by atoms with Gasteiger partial charge < -0.3 is 5.32 Å². The molecule has 1 unspecified atom stereocenters. The summed E-state index contributed by atoms with van der Waals surface area (Å²) in [5.41, 5.74) is 4.09. The topological polar surface area (TPSA) is 24.9 Å². The summed E-state index contributed by atoms with van der Waals surface area (Å²) < 4.78 is 0. The summed E-state index contributed by atoms with van der Waals surface area (Å²) in [5, 5.41) is 3.51. The summed E-state index contributed by atoms with van der Waals surface area (Å²) in [5.74, 6) is 1.02. The van der Waals surface area contributed by atoms with Crippen LogP contribution in [-0.4, -0.2) is 11.0 Å². The van der Waals surface area contributed by atoms with Crippen molar-refractivity contribution in [2.24, 2.45) is 0 Å². The van der Waals surface area contributed by atoms with E-state index < -0.39 is 0 Å². The lowest BCUT2D eigenvalue weighted by Crippen LogP contribution is -2.19. The van der Waals surface area contributed by atoms with Crippen LogP contribution < -0.4 is 5.32 Å². The summed E-state index contributed by atoms with van der Waals surface area (Å²) in [6.45, 7) is 2.21. The highest BCUT2D eigenvalue weighted by molar-refractivity contribution is 5.41. The fourth-order valence-electron chi connectivity index (χ4n) is 2.77. The maximum absolute atomic E-state index is 4.72. The molecule has 0 fully saturated rings. The lowest BCUT2D eigenvalue weighted by atomic mass is 10.1. The van der Waals surface area contributed by atoms with Crippen LogP contribution in [0.5, 0.6) is 0 Å². The number of nitrogens with one attached hydrogen (secondary N) is 1. The Labute approximate surface area is 114 Å². The predicted molar refractivity (Wildman–Crippen MR) is 79.5 cm³/mol. The predicted octanol–water partition coefficient (Wildman–Crippen LogP) is 3.61. The average Bonchev–Trinajstić information content (AvgIpc) is 2.87. The zero-order valence-corrected chi connectivity index (χ0v) is 11.4. The van der Waals surface area contributed by atoms with Crippen molar-refractivity contribution in [3.63, 3.8) is 0 Å². The second kappa shape index (κ2) is 5.43. The van der Waals surface area contributed by atoms with Crippen molar-refractivity contribution in [2.45, 2.75) is 38.6 Å². The molecule has 2 heteroatoms. The van der Waals surface area contributed by atoms with Gasteiger partial charge in [-0.25, -0.2) is 4.98 Å². The number of rotatable bonds is 4. The smallest absolute Gasteiger partial charge is 0.126 e. The van der Waals surface area contributed by atoms with Gasteiger partial charge in [-0.05, 0) is 49.8 Å². The largest absolute Gasteiger partial charge is 0.367 e. The Kier molecular flexibility index (Phi) is 3.49. The molecule has 2 nitrogen and oxygen atoms in total. The van der Waals surface area contributed by atoms with Gasteiger partial charge in [0.2, 0.25) is 0 Å². The summed E-state index contributed by atoms with van der Waals surface area (Å²) >= 11 is 0. The van der Waals surface area contributed by atoms with E-state index >= 15 is 0 Å². The van der Waals surface area contributed by atoms with Gasteiger partial charge in [-0.2, -0.15) is 0 Å². The Hall–Kier alpha value is -1.83. The molecule has 1 atom stereocenters. The molecule has 2 aromatic rings. The van der Waals surface area contributed by atoms with Crippen LogP contribution >= 0.6 is 0 Å². The van der Waals surface area contributed by atoms with E-state index in [2.05, 4.69) is 54.7 Å². The highest BCUT2D eigenvalue weighted by atomic mass is 15.0. The average molecular weight is 252 g/mol. The van der Waals surface area contributed by atoms with Crippen LogP contribution in [0.3, 0.4) is 0 Å². The van der Waals surface area contributed by atoms with Gasteiger partial charge in [-0.3, -0.25) is 0 Å². The molecule has 1 heterocycles. The SMILES string of the molecule is CC(Cc1ccccc1)Nc1ccc2c(n1)CCC2. The molecular weight excluding hydrogens is 232 g/mol. The van der Waals surface area contributed by atoms with E-state index in [1.807, 2.05) is 0 Å². The quantitative estimate of drug-likeness (QED) is 0.899. The third-order valence-electron chi connectivity index (χ3n) is 3.71. The molecule has 1 aromatic heterocycles. The number of hydrogen-bond donors (Lipinski definition) is 1. The Morgan fingerprint density at radius 1 is 1.11 bits per heavy atom. The lowest BCUT2D eigenvalue weighted by molar-refractivity contribution is 0.783. The van der Waals surface area contributed by atoms with Crippen LogP contribution in [-0.2, 0) is 19.3 Å². The maximum atomic E-state index is 4.72. The van der Waals surface area contributed by atoms with Gasteiger partial charge >= 0.3 is 0 Å². The Morgan fingerprint density at radius 2 is 1.95 bits per heavy atom. The van der Waals surface area contributed by atoms with Crippen molar-refractivity contribution in [1.29, 1.82) is 0 Å².